The summed E-state index contributed by atoms with van der Waals surface area (Å²) in [5.74, 6) is 0.615. The molecule has 1 unspecified atom stereocenters. The summed E-state index contributed by atoms with van der Waals surface area (Å²) in [4.78, 5) is 22.3. The number of nitriles is 1. The van der Waals surface area contributed by atoms with Crippen LogP contribution in [0.1, 0.15) is 25.8 Å². The third-order valence-electron chi connectivity index (χ3n) is 4.87. The molecular weight excluding hydrogens is 452 g/mol. The number of benzene rings is 2. The van der Waals surface area contributed by atoms with Crippen molar-refractivity contribution in [1.29, 1.82) is 5.26 Å². The van der Waals surface area contributed by atoms with Gasteiger partial charge in [-0.1, -0.05) is 60.4 Å². The zero-order valence-electron chi connectivity index (χ0n) is 18.2. The minimum Gasteiger partial charge on any atom is -0.494 e. The summed E-state index contributed by atoms with van der Waals surface area (Å²) in [6.07, 6.45) is 0.581. The van der Waals surface area contributed by atoms with Gasteiger partial charge in [-0.15, -0.1) is 0 Å². The van der Waals surface area contributed by atoms with E-state index in [0.717, 1.165) is 27.2 Å². The molecular formula is C25H22N4O2S2. The number of nitrogens with zero attached hydrogens (tertiary/aromatic N) is 3. The van der Waals surface area contributed by atoms with Crippen molar-refractivity contribution in [2.45, 2.75) is 30.5 Å². The Labute approximate surface area is 200 Å². The summed E-state index contributed by atoms with van der Waals surface area (Å²) >= 11 is 2.71. The number of rotatable bonds is 8. The molecule has 166 valence electrons. The zero-order chi connectivity index (χ0) is 23.2. The maximum Gasteiger partial charge on any atom is 0.239 e. The first-order chi connectivity index (χ1) is 16.1. The topological polar surface area (TPSA) is 87.9 Å². The lowest BCUT2D eigenvalue weighted by Crippen LogP contribution is -2.24. The molecule has 0 spiro atoms. The molecule has 6 nitrogen and oxygen atoms in total. The highest BCUT2D eigenvalue weighted by Crippen LogP contribution is 2.32. The van der Waals surface area contributed by atoms with Crippen LogP contribution in [0.2, 0.25) is 0 Å². The van der Waals surface area contributed by atoms with Gasteiger partial charge in [0.25, 0.3) is 0 Å². The molecule has 0 fully saturated rings. The van der Waals surface area contributed by atoms with Gasteiger partial charge >= 0.3 is 0 Å². The van der Waals surface area contributed by atoms with Gasteiger partial charge in [0, 0.05) is 5.56 Å². The number of hydrogen-bond donors (Lipinski definition) is 1. The number of carbonyl (C=O) groups excluding carboxylic acids is 1. The first-order valence-electron chi connectivity index (χ1n) is 10.6. The maximum absolute atomic E-state index is 13.0. The van der Waals surface area contributed by atoms with E-state index in [9.17, 15) is 10.1 Å². The second kappa shape index (κ2) is 10.5. The summed E-state index contributed by atoms with van der Waals surface area (Å²) in [5.41, 5.74) is 2.99. The standard InChI is InChI=1S/C25H22N4O2S2/c1-3-21(23(30)29-25-28-20-13-11-18(31-4-2)14-22(20)33-25)32-24-17(15-26)10-12-19(27-24)16-8-6-5-7-9-16/h5-14,21H,3-4H2,1-2H3,(H,28,29,30). The second-order valence-corrected chi connectivity index (χ2v) is 9.33. The van der Waals surface area contributed by atoms with Crippen LogP contribution < -0.4 is 10.1 Å². The lowest BCUT2D eigenvalue weighted by Gasteiger charge is -2.14. The molecule has 1 atom stereocenters. The van der Waals surface area contributed by atoms with Gasteiger partial charge < -0.3 is 10.1 Å². The number of carbonyl (C=O) groups is 1. The van der Waals surface area contributed by atoms with Crippen molar-refractivity contribution in [3.05, 3.63) is 66.2 Å². The number of fused-ring (bicyclic) bond motifs is 1. The Balaban J connectivity index is 1.53. The summed E-state index contributed by atoms with van der Waals surface area (Å²) in [6, 6.07) is 21.2. The summed E-state index contributed by atoms with van der Waals surface area (Å²) in [5, 5.41) is 13.2. The Morgan fingerprint density at radius 3 is 2.70 bits per heavy atom. The lowest BCUT2D eigenvalue weighted by molar-refractivity contribution is -0.115. The minimum absolute atomic E-state index is 0.164. The SMILES string of the molecule is CCOc1ccc2nc(NC(=O)C(CC)Sc3nc(-c4ccccc4)ccc3C#N)sc2c1. The average Bonchev–Trinajstić information content (AvgIpc) is 3.24. The van der Waals surface area contributed by atoms with Crippen LogP contribution in [-0.2, 0) is 4.79 Å². The van der Waals surface area contributed by atoms with Crippen LogP contribution in [-0.4, -0.2) is 27.7 Å². The number of thiazole rings is 1. The quantitative estimate of drug-likeness (QED) is 0.309. The predicted molar refractivity (Wildman–Crippen MR) is 134 cm³/mol. The first kappa shape index (κ1) is 22.8. The summed E-state index contributed by atoms with van der Waals surface area (Å²) in [7, 11) is 0. The number of anilines is 1. The van der Waals surface area contributed by atoms with E-state index in [-0.39, 0.29) is 5.91 Å². The molecule has 0 aliphatic heterocycles. The molecule has 33 heavy (non-hydrogen) atoms. The van der Waals surface area contributed by atoms with Crippen molar-refractivity contribution in [2.75, 3.05) is 11.9 Å². The fourth-order valence-electron chi connectivity index (χ4n) is 3.24. The molecule has 8 heteroatoms. The smallest absolute Gasteiger partial charge is 0.239 e. The van der Waals surface area contributed by atoms with Gasteiger partial charge in [0.1, 0.15) is 16.8 Å². The van der Waals surface area contributed by atoms with Gasteiger partial charge in [-0.25, -0.2) is 9.97 Å². The molecule has 2 aromatic carbocycles. The lowest BCUT2D eigenvalue weighted by atomic mass is 10.1. The Hall–Kier alpha value is -3.41. The van der Waals surface area contributed by atoms with Crippen molar-refractivity contribution in [2.24, 2.45) is 0 Å². The number of ether oxygens (including phenoxy) is 1. The van der Waals surface area contributed by atoms with Crippen molar-refractivity contribution >= 4 is 44.4 Å². The van der Waals surface area contributed by atoms with E-state index in [2.05, 4.69) is 21.4 Å². The molecule has 4 rings (SSSR count). The van der Waals surface area contributed by atoms with Crippen molar-refractivity contribution < 1.29 is 9.53 Å². The number of nitrogens with one attached hydrogen (secondary N) is 1. The Kier molecular flexibility index (Phi) is 7.23. The third-order valence-corrected chi connectivity index (χ3v) is 7.17. The number of pyridine rings is 1. The predicted octanol–water partition coefficient (Wildman–Crippen LogP) is 6.14. The van der Waals surface area contributed by atoms with Crippen molar-refractivity contribution in [1.82, 2.24) is 9.97 Å². The van der Waals surface area contributed by atoms with Gasteiger partial charge in [0.2, 0.25) is 5.91 Å². The number of amides is 1. The number of hydrogen-bond acceptors (Lipinski definition) is 7. The Morgan fingerprint density at radius 2 is 1.97 bits per heavy atom. The van der Waals surface area contributed by atoms with Crippen LogP contribution >= 0.6 is 23.1 Å². The monoisotopic (exact) mass is 474 g/mol. The fourth-order valence-corrected chi connectivity index (χ4v) is 5.13. The Bertz CT molecular complexity index is 1320. The highest BCUT2D eigenvalue weighted by molar-refractivity contribution is 8.00. The van der Waals surface area contributed by atoms with Crippen LogP contribution in [0.4, 0.5) is 5.13 Å². The molecule has 0 aliphatic carbocycles. The first-order valence-corrected chi connectivity index (χ1v) is 12.3. The van der Waals surface area contributed by atoms with E-state index in [4.69, 9.17) is 4.74 Å². The van der Waals surface area contributed by atoms with Crippen LogP contribution in [0.25, 0.3) is 21.5 Å². The van der Waals surface area contributed by atoms with Crippen molar-refractivity contribution in [3.8, 4) is 23.1 Å². The molecule has 1 amide bonds. The molecule has 4 aromatic rings. The van der Waals surface area contributed by atoms with Crippen LogP contribution in [0, 0.1) is 11.3 Å². The molecule has 0 radical (unpaired) electrons. The Morgan fingerprint density at radius 1 is 1.15 bits per heavy atom. The number of aromatic nitrogens is 2. The van der Waals surface area contributed by atoms with Crippen molar-refractivity contribution in [3.63, 3.8) is 0 Å². The highest BCUT2D eigenvalue weighted by atomic mass is 32.2. The fraction of sp³-hybridized carbons (Fsp3) is 0.200. The van der Waals surface area contributed by atoms with Gasteiger partial charge in [-0.05, 0) is 43.7 Å². The largest absolute Gasteiger partial charge is 0.494 e. The zero-order valence-corrected chi connectivity index (χ0v) is 19.9. The van der Waals surface area contributed by atoms with E-state index in [1.807, 2.05) is 68.4 Å². The average molecular weight is 475 g/mol. The molecule has 0 bridgehead atoms. The molecule has 2 heterocycles. The van der Waals surface area contributed by atoms with E-state index in [1.54, 1.807) is 6.07 Å². The minimum atomic E-state index is -0.415. The van der Waals surface area contributed by atoms with E-state index in [0.29, 0.717) is 28.7 Å². The molecule has 2 aromatic heterocycles. The normalized spacial score (nSPS) is 11.7. The van der Waals surface area contributed by atoms with Gasteiger partial charge in [0.05, 0.1) is 33.3 Å². The van der Waals surface area contributed by atoms with Crippen LogP contribution in [0.5, 0.6) is 5.75 Å². The second-order valence-electron chi connectivity index (χ2n) is 7.11. The number of thioether (sulfide) groups is 1. The van der Waals surface area contributed by atoms with Gasteiger partial charge in [-0.3, -0.25) is 4.79 Å². The van der Waals surface area contributed by atoms with Gasteiger partial charge in [0.15, 0.2) is 5.13 Å². The molecule has 1 N–H and O–H groups in total. The van der Waals surface area contributed by atoms with E-state index >= 15 is 0 Å². The van der Waals surface area contributed by atoms with Gasteiger partial charge in [-0.2, -0.15) is 5.26 Å². The highest BCUT2D eigenvalue weighted by Gasteiger charge is 2.22. The van der Waals surface area contributed by atoms with E-state index < -0.39 is 5.25 Å². The van der Waals surface area contributed by atoms with Crippen LogP contribution in [0.15, 0.2) is 65.7 Å². The summed E-state index contributed by atoms with van der Waals surface area (Å²) in [6.45, 7) is 4.47. The molecule has 0 saturated carbocycles. The van der Waals surface area contributed by atoms with E-state index in [1.165, 1.54) is 23.1 Å². The molecule has 0 aliphatic rings. The molecule has 0 saturated heterocycles. The maximum atomic E-state index is 13.0. The van der Waals surface area contributed by atoms with Crippen LogP contribution in [0.3, 0.4) is 0 Å². The summed E-state index contributed by atoms with van der Waals surface area (Å²) < 4.78 is 6.49. The third kappa shape index (κ3) is 5.33.